The van der Waals surface area contributed by atoms with Gasteiger partial charge in [0.15, 0.2) is 6.04 Å². The van der Waals surface area contributed by atoms with E-state index in [2.05, 4.69) is 5.32 Å². The predicted molar refractivity (Wildman–Crippen MR) is 53.3 cm³/mol. The molecule has 4 N–H and O–H groups in total. The van der Waals surface area contributed by atoms with E-state index < -0.39 is 17.9 Å². The van der Waals surface area contributed by atoms with Crippen molar-refractivity contribution in [2.75, 3.05) is 5.32 Å². The molecule has 0 saturated heterocycles. The van der Waals surface area contributed by atoms with Gasteiger partial charge in [-0.15, -0.1) is 11.3 Å². The zero-order chi connectivity index (χ0) is 10.7. The molecule has 1 unspecified atom stereocenters. The Kier molecular flexibility index (Phi) is 3.21. The summed E-state index contributed by atoms with van der Waals surface area (Å²) in [6, 6.07) is 0.309. The molecule has 0 saturated carbocycles. The third-order valence-corrected chi connectivity index (χ3v) is 2.58. The molecule has 5 nitrogen and oxygen atoms in total. The van der Waals surface area contributed by atoms with Gasteiger partial charge in [-0.25, -0.2) is 4.79 Å². The van der Waals surface area contributed by atoms with Gasteiger partial charge in [0.05, 0.1) is 5.00 Å². The standard InChI is InChI=1S/C8H10N2O3S/c1-4-2-3-14-7(4)10-6(11)5(9)8(12)13/h2-3,5H,9H2,1H3,(H,10,11)(H,12,13). The molecule has 0 spiro atoms. The van der Waals surface area contributed by atoms with Gasteiger partial charge in [0, 0.05) is 0 Å². The van der Waals surface area contributed by atoms with Crippen LogP contribution in [0.2, 0.25) is 0 Å². The van der Waals surface area contributed by atoms with E-state index in [4.69, 9.17) is 10.8 Å². The number of carbonyl (C=O) groups is 2. The van der Waals surface area contributed by atoms with Crippen molar-refractivity contribution >= 4 is 28.2 Å². The Hall–Kier alpha value is -1.40. The Morgan fingerprint density at radius 3 is 2.71 bits per heavy atom. The van der Waals surface area contributed by atoms with E-state index in [1.54, 1.807) is 5.38 Å². The average Bonchev–Trinajstić information content (AvgIpc) is 2.50. The number of aliphatic carboxylic acids is 1. The van der Waals surface area contributed by atoms with E-state index in [0.29, 0.717) is 5.00 Å². The number of carbonyl (C=O) groups excluding carboxylic acids is 1. The van der Waals surface area contributed by atoms with Crippen LogP contribution in [0.4, 0.5) is 5.00 Å². The predicted octanol–water partition coefficient (Wildman–Crippen LogP) is 0.407. The number of hydrogen-bond acceptors (Lipinski definition) is 4. The maximum Gasteiger partial charge on any atom is 0.330 e. The number of carboxylic acids is 1. The van der Waals surface area contributed by atoms with E-state index in [-0.39, 0.29) is 0 Å². The molecule has 14 heavy (non-hydrogen) atoms. The number of rotatable bonds is 3. The van der Waals surface area contributed by atoms with E-state index in [1.807, 2.05) is 13.0 Å². The number of carboxylic acid groups (broad SMARTS) is 1. The molecule has 0 aliphatic heterocycles. The molecule has 6 heteroatoms. The van der Waals surface area contributed by atoms with Crippen LogP contribution in [0.1, 0.15) is 5.56 Å². The summed E-state index contributed by atoms with van der Waals surface area (Å²) in [4.78, 5) is 21.6. The molecule has 1 aromatic rings. The number of amides is 1. The molecular formula is C8H10N2O3S. The zero-order valence-corrected chi connectivity index (χ0v) is 8.30. The van der Waals surface area contributed by atoms with Crippen LogP contribution < -0.4 is 11.1 Å². The number of nitrogens with one attached hydrogen (secondary N) is 1. The monoisotopic (exact) mass is 214 g/mol. The maximum atomic E-state index is 11.2. The Labute approximate surface area is 84.5 Å². The first-order valence-corrected chi connectivity index (χ1v) is 4.73. The van der Waals surface area contributed by atoms with Crippen molar-refractivity contribution < 1.29 is 14.7 Å². The quantitative estimate of drug-likeness (QED) is 0.635. The molecule has 76 valence electrons. The van der Waals surface area contributed by atoms with Gasteiger partial charge in [-0.1, -0.05) is 0 Å². The highest BCUT2D eigenvalue weighted by atomic mass is 32.1. The molecule has 1 amide bonds. The Bertz CT molecular complexity index is 361. The minimum Gasteiger partial charge on any atom is -0.480 e. The zero-order valence-electron chi connectivity index (χ0n) is 7.48. The van der Waals surface area contributed by atoms with Gasteiger partial charge in [-0.3, -0.25) is 4.79 Å². The molecule has 0 aliphatic rings. The lowest BCUT2D eigenvalue weighted by Gasteiger charge is -2.06. The summed E-state index contributed by atoms with van der Waals surface area (Å²) in [6.45, 7) is 1.82. The molecule has 1 rings (SSSR count). The van der Waals surface area contributed by atoms with E-state index in [1.165, 1.54) is 11.3 Å². The van der Waals surface area contributed by atoms with E-state index >= 15 is 0 Å². The lowest BCUT2D eigenvalue weighted by atomic mass is 10.3. The number of thiophene rings is 1. The number of anilines is 1. The molecule has 0 radical (unpaired) electrons. The minimum absolute atomic E-state index is 0.631. The van der Waals surface area contributed by atoms with Gasteiger partial charge in [0.25, 0.3) is 5.91 Å². The van der Waals surface area contributed by atoms with Crippen LogP contribution in [-0.4, -0.2) is 23.0 Å². The lowest BCUT2D eigenvalue weighted by molar-refractivity contribution is -0.141. The van der Waals surface area contributed by atoms with Crippen molar-refractivity contribution in [1.82, 2.24) is 0 Å². The fourth-order valence-electron chi connectivity index (χ4n) is 0.803. The molecule has 0 fully saturated rings. The van der Waals surface area contributed by atoms with Crippen LogP contribution in [0.5, 0.6) is 0 Å². The minimum atomic E-state index is -1.52. The van der Waals surface area contributed by atoms with Gasteiger partial charge < -0.3 is 16.2 Å². The molecule has 0 bridgehead atoms. The molecule has 0 aromatic carbocycles. The largest absolute Gasteiger partial charge is 0.480 e. The fraction of sp³-hybridized carbons (Fsp3) is 0.250. The third-order valence-electron chi connectivity index (χ3n) is 1.65. The average molecular weight is 214 g/mol. The van der Waals surface area contributed by atoms with Gasteiger partial charge in [-0.2, -0.15) is 0 Å². The molecule has 0 aliphatic carbocycles. The van der Waals surface area contributed by atoms with E-state index in [0.717, 1.165) is 5.56 Å². The van der Waals surface area contributed by atoms with Crippen molar-refractivity contribution in [3.8, 4) is 0 Å². The van der Waals surface area contributed by atoms with Crippen molar-refractivity contribution in [3.63, 3.8) is 0 Å². The third kappa shape index (κ3) is 2.30. The van der Waals surface area contributed by atoms with Gasteiger partial charge in [-0.05, 0) is 23.9 Å². The second-order valence-corrected chi connectivity index (χ2v) is 3.65. The van der Waals surface area contributed by atoms with Crippen LogP contribution in [0.3, 0.4) is 0 Å². The van der Waals surface area contributed by atoms with Crippen LogP contribution in [0, 0.1) is 6.92 Å². The van der Waals surface area contributed by atoms with Gasteiger partial charge in [0.1, 0.15) is 0 Å². The summed E-state index contributed by atoms with van der Waals surface area (Å²) >= 11 is 1.33. The normalized spacial score (nSPS) is 12.1. The van der Waals surface area contributed by atoms with Gasteiger partial charge >= 0.3 is 5.97 Å². The summed E-state index contributed by atoms with van der Waals surface area (Å²) in [5.74, 6) is -2.04. The maximum absolute atomic E-state index is 11.2. The summed E-state index contributed by atoms with van der Waals surface area (Å²) in [5.41, 5.74) is 6.01. The fourth-order valence-corrected chi connectivity index (χ4v) is 1.62. The summed E-state index contributed by atoms with van der Waals surface area (Å²) in [5, 5.41) is 13.3. The second-order valence-electron chi connectivity index (χ2n) is 2.74. The highest BCUT2D eigenvalue weighted by Crippen LogP contribution is 2.21. The van der Waals surface area contributed by atoms with Crippen LogP contribution in [-0.2, 0) is 9.59 Å². The molecular weight excluding hydrogens is 204 g/mol. The van der Waals surface area contributed by atoms with Crippen LogP contribution in [0.15, 0.2) is 11.4 Å². The number of aryl methyl sites for hydroxylation is 1. The first-order valence-electron chi connectivity index (χ1n) is 3.85. The smallest absolute Gasteiger partial charge is 0.330 e. The molecule has 1 heterocycles. The summed E-state index contributed by atoms with van der Waals surface area (Å²) in [7, 11) is 0. The first kappa shape index (κ1) is 10.7. The van der Waals surface area contributed by atoms with Crippen molar-refractivity contribution in [3.05, 3.63) is 17.0 Å². The Morgan fingerprint density at radius 2 is 2.29 bits per heavy atom. The lowest BCUT2D eigenvalue weighted by Crippen LogP contribution is -2.42. The second kappa shape index (κ2) is 4.21. The van der Waals surface area contributed by atoms with E-state index in [9.17, 15) is 9.59 Å². The van der Waals surface area contributed by atoms with Crippen molar-refractivity contribution in [1.29, 1.82) is 0 Å². The van der Waals surface area contributed by atoms with Crippen molar-refractivity contribution in [2.24, 2.45) is 5.73 Å². The van der Waals surface area contributed by atoms with Crippen LogP contribution in [0.25, 0.3) is 0 Å². The first-order chi connectivity index (χ1) is 6.52. The molecule has 1 atom stereocenters. The van der Waals surface area contributed by atoms with Gasteiger partial charge in [0.2, 0.25) is 0 Å². The van der Waals surface area contributed by atoms with Crippen molar-refractivity contribution in [2.45, 2.75) is 13.0 Å². The Morgan fingerprint density at radius 1 is 1.64 bits per heavy atom. The summed E-state index contributed by atoms with van der Waals surface area (Å²) in [6.07, 6.45) is 0. The SMILES string of the molecule is Cc1ccsc1NC(=O)C(N)C(=O)O. The highest BCUT2D eigenvalue weighted by molar-refractivity contribution is 7.14. The Balaban J connectivity index is 2.66. The summed E-state index contributed by atoms with van der Waals surface area (Å²) < 4.78 is 0. The number of nitrogens with two attached hydrogens (primary N) is 1. The topological polar surface area (TPSA) is 92.4 Å². The highest BCUT2D eigenvalue weighted by Gasteiger charge is 2.21. The molecule has 1 aromatic heterocycles. The number of hydrogen-bond donors (Lipinski definition) is 3. The van der Waals surface area contributed by atoms with Crippen LogP contribution >= 0.6 is 11.3 Å².